The number of aryl methyl sites for hydroxylation is 1. The second-order valence-electron chi connectivity index (χ2n) is 5.47. The Kier molecular flexibility index (Phi) is 4.11. The summed E-state index contributed by atoms with van der Waals surface area (Å²) >= 11 is 0. The summed E-state index contributed by atoms with van der Waals surface area (Å²) < 4.78 is 1.97. The van der Waals surface area contributed by atoms with Gasteiger partial charge in [0, 0.05) is 25.5 Å². The van der Waals surface area contributed by atoms with E-state index in [1.54, 1.807) is 24.3 Å². The number of carbonyl (C=O) groups is 2. The highest BCUT2D eigenvalue weighted by atomic mass is 16.2. The zero-order valence-corrected chi connectivity index (χ0v) is 12.3. The lowest BCUT2D eigenvalue weighted by Gasteiger charge is -2.45. The number of hydrogen-bond donors (Lipinski definition) is 1. The zero-order chi connectivity index (χ0) is 14.8. The van der Waals surface area contributed by atoms with Gasteiger partial charge in [0.15, 0.2) is 0 Å². The molecular weight excluding hydrogens is 256 g/mol. The zero-order valence-electron chi connectivity index (χ0n) is 12.3. The molecule has 110 valence electrons. The molecule has 2 unspecified atom stereocenters. The summed E-state index contributed by atoms with van der Waals surface area (Å²) in [5, 5.41) is 2.76. The number of piperazine rings is 1. The van der Waals surface area contributed by atoms with Crippen LogP contribution in [0.5, 0.6) is 0 Å². The van der Waals surface area contributed by atoms with Crippen molar-refractivity contribution >= 4 is 11.8 Å². The Morgan fingerprint density at radius 3 is 2.75 bits per heavy atom. The van der Waals surface area contributed by atoms with Crippen LogP contribution in [0.2, 0.25) is 0 Å². The van der Waals surface area contributed by atoms with Crippen molar-refractivity contribution in [1.29, 1.82) is 0 Å². The lowest BCUT2D eigenvalue weighted by atomic mass is 9.90. The van der Waals surface area contributed by atoms with Crippen LogP contribution >= 0.6 is 0 Å². The molecule has 1 saturated heterocycles. The molecule has 1 N–H and O–H groups in total. The van der Waals surface area contributed by atoms with E-state index in [1.165, 1.54) is 0 Å². The van der Waals surface area contributed by atoms with E-state index in [-0.39, 0.29) is 11.8 Å². The lowest BCUT2D eigenvalue weighted by Crippen LogP contribution is -2.68. The number of nitrogens with zero attached hydrogens (tertiary/aromatic N) is 3. The molecule has 0 bridgehead atoms. The number of rotatable bonds is 5. The van der Waals surface area contributed by atoms with Crippen molar-refractivity contribution in [2.75, 3.05) is 6.54 Å². The average Bonchev–Trinajstić information content (AvgIpc) is 2.93. The minimum absolute atomic E-state index is 0.000388. The largest absolute Gasteiger partial charge is 0.343 e. The van der Waals surface area contributed by atoms with E-state index >= 15 is 0 Å². The van der Waals surface area contributed by atoms with Crippen molar-refractivity contribution < 1.29 is 9.59 Å². The van der Waals surface area contributed by atoms with Gasteiger partial charge in [0.25, 0.3) is 0 Å². The van der Waals surface area contributed by atoms with Crippen LogP contribution in [0.3, 0.4) is 0 Å². The van der Waals surface area contributed by atoms with Gasteiger partial charge in [-0.1, -0.05) is 6.92 Å². The van der Waals surface area contributed by atoms with E-state index in [9.17, 15) is 9.59 Å². The fraction of sp³-hybridized carbons (Fsp3) is 0.643. The van der Waals surface area contributed by atoms with Gasteiger partial charge in [-0.3, -0.25) is 9.59 Å². The standard InChI is InChI=1S/C14H22N4O2/c1-4-14(3)13(20)16-11(2)12(19)18(14)8-5-7-17-9-6-15-10-17/h6,9-11H,4-5,7-8H2,1-3H3,(H,16,20). The first kappa shape index (κ1) is 14.6. The molecule has 1 aliphatic rings. The number of aromatic nitrogens is 2. The normalized spacial score (nSPS) is 26.8. The SMILES string of the molecule is CCC1(C)C(=O)NC(C)C(=O)N1CCCn1ccnc1. The summed E-state index contributed by atoms with van der Waals surface area (Å²) in [4.78, 5) is 30.2. The Morgan fingerprint density at radius 2 is 2.15 bits per heavy atom. The first-order valence-electron chi connectivity index (χ1n) is 7.07. The predicted octanol–water partition coefficient (Wildman–Crippen LogP) is 0.789. The van der Waals surface area contributed by atoms with Gasteiger partial charge in [-0.25, -0.2) is 4.98 Å². The highest BCUT2D eigenvalue weighted by Gasteiger charge is 2.46. The molecule has 6 heteroatoms. The summed E-state index contributed by atoms with van der Waals surface area (Å²) in [7, 11) is 0. The number of nitrogens with one attached hydrogen (secondary N) is 1. The Bertz CT molecular complexity index is 485. The molecule has 0 saturated carbocycles. The minimum atomic E-state index is -0.738. The Labute approximate surface area is 119 Å². The van der Waals surface area contributed by atoms with Gasteiger partial charge in [-0.05, 0) is 26.7 Å². The molecule has 20 heavy (non-hydrogen) atoms. The van der Waals surface area contributed by atoms with Crippen molar-refractivity contribution in [3.63, 3.8) is 0 Å². The van der Waals surface area contributed by atoms with Crippen LogP contribution in [0.4, 0.5) is 0 Å². The fourth-order valence-electron chi connectivity index (χ4n) is 2.55. The molecular formula is C14H22N4O2. The van der Waals surface area contributed by atoms with Crippen molar-refractivity contribution in [2.45, 2.75) is 51.7 Å². The summed E-state index contributed by atoms with van der Waals surface area (Å²) in [5.74, 6) is -0.0608. The number of amides is 2. The van der Waals surface area contributed by atoms with Crippen LogP contribution in [-0.2, 0) is 16.1 Å². The number of hydrogen-bond acceptors (Lipinski definition) is 3. The minimum Gasteiger partial charge on any atom is -0.343 e. The van der Waals surface area contributed by atoms with Crippen LogP contribution in [-0.4, -0.2) is 44.4 Å². The molecule has 0 radical (unpaired) electrons. The van der Waals surface area contributed by atoms with Crippen LogP contribution in [0.25, 0.3) is 0 Å². The first-order chi connectivity index (χ1) is 9.49. The third-order valence-corrected chi connectivity index (χ3v) is 4.11. The van der Waals surface area contributed by atoms with E-state index in [0.717, 1.165) is 13.0 Å². The molecule has 1 aromatic rings. The third kappa shape index (κ3) is 2.55. The molecule has 2 atom stereocenters. The molecule has 2 heterocycles. The van der Waals surface area contributed by atoms with Gasteiger partial charge in [0.2, 0.25) is 11.8 Å². The van der Waals surface area contributed by atoms with Crippen molar-refractivity contribution in [2.24, 2.45) is 0 Å². The monoisotopic (exact) mass is 278 g/mol. The highest BCUT2D eigenvalue weighted by molar-refractivity contribution is 5.99. The fourth-order valence-corrected chi connectivity index (χ4v) is 2.55. The van der Waals surface area contributed by atoms with Gasteiger partial charge in [-0.2, -0.15) is 0 Å². The molecule has 0 aromatic carbocycles. The maximum Gasteiger partial charge on any atom is 0.246 e. The third-order valence-electron chi connectivity index (χ3n) is 4.11. The van der Waals surface area contributed by atoms with Crippen molar-refractivity contribution in [3.05, 3.63) is 18.7 Å². The summed E-state index contributed by atoms with van der Waals surface area (Å²) in [5.41, 5.74) is -0.738. The molecule has 2 rings (SSSR count). The topological polar surface area (TPSA) is 67.2 Å². The van der Waals surface area contributed by atoms with E-state index in [4.69, 9.17) is 0 Å². The van der Waals surface area contributed by atoms with Crippen LogP contribution in [0.15, 0.2) is 18.7 Å². The smallest absolute Gasteiger partial charge is 0.246 e. The quantitative estimate of drug-likeness (QED) is 0.866. The number of imidazole rings is 1. The number of carbonyl (C=O) groups excluding carboxylic acids is 2. The van der Waals surface area contributed by atoms with Gasteiger partial charge < -0.3 is 14.8 Å². The summed E-state index contributed by atoms with van der Waals surface area (Å²) in [6, 6.07) is -0.435. The van der Waals surface area contributed by atoms with E-state index in [2.05, 4.69) is 10.3 Å². The van der Waals surface area contributed by atoms with Crippen LogP contribution in [0, 0.1) is 0 Å². The molecule has 1 aliphatic heterocycles. The summed E-state index contributed by atoms with van der Waals surface area (Å²) in [6.45, 7) is 6.88. The maximum atomic E-state index is 12.3. The maximum absolute atomic E-state index is 12.3. The Balaban J connectivity index is 2.04. The van der Waals surface area contributed by atoms with E-state index in [0.29, 0.717) is 13.0 Å². The van der Waals surface area contributed by atoms with Gasteiger partial charge in [0.05, 0.1) is 6.33 Å². The predicted molar refractivity (Wildman–Crippen MR) is 74.9 cm³/mol. The molecule has 1 fully saturated rings. The van der Waals surface area contributed by atoms with Crippen molar-refractivity contribution in [3.8, 4) is 0 Å². The van der Waals surface area contributed by atoms with Crippen molar-refractivity contribution in [1.82, 2.24) is 19.8 Å². The molecule has 0 spiro atoms. The average molecular weight is 278 g/mol. The van der Waals surface area contributed by atoms with E-state index < -0.39 is 11.6 Å². The van der Waals surface area contributed by atoms with Gasteiger partial charge in [0.1, 0.15) is 11.6 Å². The van der Waals surface area contributed by atoms with Gasteiger partial charge in [-0.15, -0.1) is 0 Å². The van der Waals surface area contributed by atoms with Crippen LogP contribution in [0.1, 0.15) is 33.6 Å². The molecule has 1 aromatic heterocycles. The van der Waals surface area contributed by atoms with Crippen LogP contribution < -0.4 is 5.32 Å². The molecule has 6 nitrogen and oxygen atoms in total. The Morgan fingerprint density at radius 1 is 1.40 bits per heavy atom. The second-order valence-corrected chi connectivity index (χ2v) is 5.47. The second kappa shape index (κ2) is 5.64. The molecule has 0 aliphatic carbocycles. The van der Waals surface area contributed by atoms with E-state index in [1.807, 2.05) is 24.6 Å². The highest BCUT2D eigenvalue weighted by Crippen LogP contribution is 2.25. The molecule has 2 amide bonds. The lowest BCUT2D eigenvalue weighted by molar-refractivity contribution is -0.156. The summed E-state index contributed by atoms with van der Waals surface area (Å²) in [6.07, 6.45) is 6.80. The first-order valence-corrected chi connectivity index (χ1v) is 7.07. The van der Waals surface area contributed by atoms with Gasteiger partial charge >= 0.3 is 0 Å². The Hall–Kier alpha value is -1.85.